The second-order valence-electron chi connectivity index (χ2n) is 5.62. The molecule has 1 N–H and O–H groups in total. The smallest absolute Gasteiger partial charge is 0.244 e. The summed E-state index contributed by atoms with van der Waals surface area (Å²) in [5.74, 6) is 0.229. The van der Waals surface area contributed by atoms with Gasteiger partial charge in [-0.2, -0.15) is 5.10 Å². The SMILES string of the molecule is COc1c(Cl)cc(Cl)cc1/C=N/NC(=O)Cc1cccc2ccccc12. The van der Waals surface area contributed by atoms with E-state index in [-0.39, 0.29) is 12.3 Å². The number of hydrazone groups is 1. The molecule has 0 saturated carbocycles. The van der Waals surface area contributed by atoms with Crippen molar-refractivity contribution in [2.24, 2.45) is 5.10 Å². The number of methoxy groups -OCH3 is 1. The Labute approximate surface area is 161 Å². The number of fused-ring (bicyclic) bond motifs is 1. The van der Waals surface area contributed by atoms with E-state index in [0.717, 1.165) is 16.3 Å². The van der Waals surface area contributed by atoms with Crippen LogP contribution in [0.25, 0.3) is 10.8 Å². The summed E-state index contributed by atoms with van der Waals surface area (Å²) in [5, 5.41) is 6.97. The molecule has 132 valence electrons. The maximum absolute atomic E-state index is 12.2. The highest BCUT2D eigenvalue weighted by atomic mass is 35.5. The van der Waals surface area contributed by atoms with Gasteiger partial charge >= 0.3 is 0 Å². The van der Waals surface area contributed by atoms with E-state index in [1.807, 2.05) is 42.5 Å². The van der Waals surface area contributed by atoms with Crippen LogP contribution in [-0.4, -0.2) is 19.2 Å². The van der Waals surface area contributed by atoms with Crippen molar-refractivity contribution < 1.29 is 9.53 Å². The third-order valence-electron chi connectivity index (χ3n) is 3.87. The van der Waals surface area contributed by atoms with Crippen molar-refractivity contribution in [3.05, 3.63) is 75.8 Å². The van der Waals surface area contributed by atoms with Crippen molar-refractivity contribution in [2.75, 3.05) is 7.11 Å². The fourth-order valence-corrected chi connectivity index (χ4v) is 3.31. The molecule has 0 aliphatic carbocycles. The molecule has 0 spiro atoms. The monoisotopic (exact) mass is 386 g/mol. The number of hydrogen-bond acceptors (Lipinski definition) is 3. The van der Waals surface area contributed by atoms with Crippen molar-refractivity contribution in [1.29, 1.82) is 0 Å². The van der Waals surface area contributed by atoms with Gasteiger partial charge in [0.05, 0.1) is 24.8 Å². The molecule has 0 aliphatic heterocycles. The number of halogens is 2. The predicted molar refractivity (Wildman–Crippen MR) is 106 cm³/mol. The van der Waals surface area contributed by atoms with Crippen LogP contribution in [0.2, 0.25) is 10.0 Å². The summed E-state index contributed by atoms with van der Waals surface area (Å²) < 4.78 is 5.24. The molecule has 26 heavy (non-hydrogen) atoms. The van der Waals surface area contributed by atoms with E-state index in [1.165, 1.54) is 13.3 Å². The maximum atomic E-state index is 12.2. The third kappa shape index (κ3) is 4.15. The first-order chi connectivity index (χ1) is 12.6. The van der Waals surface area contributed by atoms with E-state index in [9.17, 15) is 4.79 Å². The summed E-state index contributed by atoms with van der Waals surface area (Å²) in [6, 6.07) is 17.1. The van der Waals surface area contributed by atoms with E-state index in [4.69, 9.17) is 27.9 Å². The van der Waals surface area contributed by atoms with E-state index in [2.05, 4.69) is 10.5 Å². The number of nitrogens with one attached hydrogen (secondary N) is 1. The quantitative estimate of drug-likeness (QED) is 0.503. The van der Waals surface area contributed by atoms with Crippen molar-refractivity contribution in [3.63, 3.8) is 0 Å². The standard InChI is InChI=1S/C20H16Cl2N2O2/c1-26-20-15(9-16(21)11-18(20)22)12-23-24-19(25)10-14-7-4-6-13-5-2-3-8-17(13)14/h2-9,11-12H,10H2,1H3,(H,24,25)/b23-12+. The summed E-state index contributed by atoms with van der Waals surface area (Å²) in [7, 11) is 1.51. The van der Waals surface area contributed by atoms with Crippen molar-refractivity contribution >= 4 is 46.1 Å². The molecule has 0 aliphatic rings. The van der Waals surface area contributed by atoms with Crippen molar-refractivity contribution in [1.82, 2.24) is 5.43 Å². The second-order valence-corrected chi connectivity index (χ2v) is 6.46. The van der Waals surface area contributed by atoms with Crippen LogP contribution in [0.4, 0.5) is 0 Å². The third-order valence-corrected chi connectivity index (χ3v) is 4.36. The number of amides is 1. The van der Waals surface area contributed by atoms with Crippen LogP contribution >= 0.6 is 23.2 Å². The minimum Gasteiger partial charge on any atom is -0.495 e. The molecule has 4 nitrogen and oxygen atoms in total. The van der Waals surface area contributed by atoms with E-state index in [0.29, 0.717) is 21.4 Å². The Balaban J connectivity index is 1.72. The average Bonchev–Trinajstić information content (AvgIpc) is 2.62. The first-order valence-electron chi connectivity index (χ1n) is 7.90. The highest BCUT2D eigenvalue weighted by Gasteiger charge is 2.09. The Kier molecular flexibility index (Phi) is 5.76. The van der Waals surface area contributed by atoms with Gasteiger partial charge in [-0.3, -0.25) is 4.79 Å². The minimum atomic E-state index is -0.218. The number of benzene rings is 3. The molecule has 0 fully saturated rings. The lowest BCUT2D eigenvalue weighted by molar-refractivity contribution is -0.120. The molecule has 0 atom stereocenters. The maximum Gasteiger partial charge on any atom is 0.244 e. The van der Waals surface area contributed by atoms with Crippen molar-refractivity contribution in [2.45, 2.75) is 6.42 Å². The van der Waals surface area contributed by atoms with Gasteiger partial charge in [0.2, 0.25) is 5.91 Å². The Bertz CT molecular complexity index is 981. The lowest BCUT2D eigenvalue weighted by atomic mass is 10.0. The molecular weight excluding hydrogens is 371 g/mol. The molecule has 1 amide bonds. The first-order valence-corrected chi connectivity index (χ1v) is 8.65. The zero-order chi connectivity index (χ0) is 18.5. The van der Waals surface area contributed by atoms with Gasteiger partial charge in [0.25, 0.3) is 0 Å². The Morgan fingerprint density at radius 3 is 2.73 bits per heavy atom. The zero-order valence-electron chi connectivity index (χ0n) is 14.0. The Hall–Kier alpha value is -2.56. The minimum absolute atomic E-state index is 0.218. The number of carbonyl (C=O) groups excluding carboxylic acids is 1. The molecular formula is C20H16Cl2N2O2. The second kappa shape index (κ2) is 8.21. The number of carbonyl (C=O) groups is 1. The van der Waals surface area contributed by atoms with Gasteiger partial charge in [-0.1, -0.05) is 65.7 Å². The van der Waals surface area contributed by atoms with Crippen LogP contribution in [0.5, 0.6) is 5.75 Å². The van der Waals surface area contributed by atoms with Crippen LogP contribution in [0.15, 0.2) is 59.7 Å². The summed E-state index contributed by atoms with van der Waals surface area (Å²) in [4.78, 5) is 12.2. The molecule has 0 aromatic heterocycles. The van der Waals surface area contributed by atoms with Crippen LogP contribution in [0.3, 0.4) is 0 Å². The Morgan fingerprint density at radius 1 is 1.15 bits per heavy atom. The van der Waals surface area contributed by atoms with Crippen LogP contribution in [0, 0.1) is 0 Å². The molecule has 0 saturated heterocycles. The summed E-state index contributed by atoms with van der Waals surface area (Å²) in [5.41, 5.74) is 4.05. The summed E-state index contributed by atoms with van der Waals surface area (Å²) in [6.45, 7) is 0. The van der Waals surface area contributed by atoms with E-state index in [1.54, 1.807) is 12.1 Å². The fourth-order valence-electron chi connectivity index (χ4n) is 2.72. The first kappa shape index (κ1) is 18.2. The number of rotatable bonds is 5. The lowest BCUT2D eigenvalue weighted by Gasteiger charge is -2.08. The molecule has 3 aromatic rings. The van der Waals surface area contributed by atoms with Crippen molar-refractivity contribution in [3.8, 4) is 5.75 Å². The number of hydrogen-bond donors (Lipinski definition) is 1. The summed E-state index contributed by atoms with van der Waals surface area (Å²) in [6.07, 6.45) is 1.68. The Morgan fingerprint density at radius 2 is 1.92 bits per heavy atom. The van der Waals surface area contributed by atoms with Gasteiger partial charge in [-0.05, 0) is 28.5 Å². The molecule has 0 heterocycles. The van der Waals surface area contributed by atoms with Gasteiger partial charge < -0.3 is 4.74 Å². The topological polar surface area (TPSA) is 50.7 Å². The molecule has 3 aromatic carbocycles. The van der Waals surface area contributed by atoms with Crippen LogP contribution in [-0.2, 0) is 11.2 Å². The molecule has 3 rings (SSSR count). The normalized spacial score (nSPS) is 11.0. The highest BCUT2D eigenvalue weighted by Crippen LogP contribution is 2.31. The van der Waals surface area contributed by atoms with Gasteiger partial charge in [-0.25, -0.2) is 5.43 Å². The van der Waals surface area contributed by atoms with Crippen LogP contribution in [0.1, 0.15) is 11.1 Å². The molecule has 0 unspecified atom stereocenters. The van der Waals surface area contributed by atoms with Gasteiger partial charge in [0, 0.05) is 10.6 Å². The zero-order valence-corrected chi connectivity index (χ0v) is 15.5. The molecule has 6 heteroatoms. The van der Waals surface area contributed by atoms with Gasteiger partial charge in [0.15, 0.2) is 0 Å². The van der Waals surface area contributed by atoms with Gasteiger partial charge in [0.1, 0.15) is 5.75 Å². The molecule has 0 radical (unpaired) electrons. The van der Waals surface area contributed by atoms with Crippen LogP contribution < -0.4 is 10.2 Å². The fraction of sp³-hybridized carbons (Fsp3) is 0.100. The largest absolute Gasteiger partial charge is 0.495 e. The number of nitrogens with zero attached hydrogens (tertiary/aromatic N) is 1. The average molecular weight is 387 g/mol. The lowest BCUT2D eigenvalue weighted by Crippen LogP contribution is -2.20. The van der Waals surface area contributed by atoms with E-state index < -0.39 is 0 Å². The predicted octanol–water partition coefficient (Wildman–Crippen LogP) is 4.85. The highest BCUT2D eigenvalue weighted by molar-refractivity contribution is 6.36. The van der Waals surface area contributed by atoms with Gasteiger partial charge in [-0.15, -0.1) is 0 Å². The van der Waals surface area contributed by atoms with E-state index >= 15 is 0 Å². The molecule has 0 bridgehead atoms. The summed E-state index contributed by atoms with van der Waals surface area (Å²) >= 11 is 12.1. The number of ether oxygens (including phenoxy) is 1.